The molecule has 4 saturated heterocycles. The summed E-state index contributed by atoms with van der Waals surface area (Å²) in [5.74, 6) is -0.320. The third-order valence-corrected chi connectivity index (χ3v) is 17.3. The number of aromatic nitrogens is 2. The minimum Gasteiger partial charge on any atom is -0.489 e. The fourth-order valence-corrected chi connectivity index (χ4v) is 13.3. The van der Waals surface area contributed by atoms with Crippen LogP contribution in [-0.2, 0) is 19.5 Å². The number of nitro benzene ring substituents is 1. The molecule has 3 N–H and O–H groups in total. The molecule has 18 heteroatoms. The molecular weight excluding hydrogens is 889 g/mol. The maximum atomic E-state index is 14.7. The van der Waals surface area contributed by atoms with E-state index in [-0.39, 0.29) is 41.6 Å². The van der Waals surface area contributed by atoms with Gasteiger partial charge in [0, 0.05) is 67.8 Å². The van der Waals surface area contributed by atoms with E-state index >= 15 is 0 Å². The fourth-order valence-electron chi connectivity index (χ4n) is 12.3. The molecule has 6 aliphatic heterocycles. The van der Waals surface area contributed by atoms with E-state index < -0.39 is 37.5 Å². The Bertz CT molecular complexity index is 2910. The lowest BCUT2D eigenvalue weighted by molar-refractivity contribution is -0.384. The third kappa shape index (κ3) is 7.59. The first-order chi connectivity index (χ1) is 33.0. The van der Waals surface area contributed by atoms with Crippen molar-refractivity contribution in [1.82, 2.24) is 19.6 Å². The van der Waals surface area contributed by atoms with Crippen LogP contribution in [0.1, 0.15) is 78.9 Å². The number of nitrogens with one attached hydrogen (secondary N) is 3. The van der Waals surface area contributed by atoms with Crippen LogP contribution in [0.5, 0.6) is 11.6 Å². The standard InChI is InChI=1S/C50H56N8O9S/c1-30-5-2-3-6-36(30)39-7-4-16-56(39)34-25-50(26-34)13-17-55(18-14-50)33-8-9-37(40(22-33)57-42-21-32-10-15-51-47(32)53-49(42)67-45-29-65-28-43(45)57)48(59)54-68(62,63)35-23-41(58(60)61)46-44(24-35)66-27-38(52-46)31-11-19-64-20-12-31/h2-3,5-6,8-10,15,21-24,31,34,38-39,43,45,52H,4,7,11-14,16-20,25-29H2,1H3,(H,51,53)(H,54,59)/t38-,39+,43-,45-/m1/s1. The predicted octanol–water partition coefficient (Wildman–Crippen LogP) is 7.38. The lowest BCUT2D eigenvalue weighted by Gasteiger charge is -2.56. The van der Waals surface area contributed by atoms with Crippen LogP contribution in [0.3, 0.4) is 0 Å². The van der Waals surface area contributed by atoms with Crippen molar-refractivity contribution in [3.63, 3.8) is 0 Å². The number of fused-ring (bicyclic) bond motifs is 4. The maximum absolute atomic E-state index is 14.7. The molecule has 12 rings (SSSR count). The zero-order valence-corrected chi connectivity index (χ0v) is 38.8. The van der Waals surface area contributed by atoms with E-state index in [1.54, 1.807) is 12.3 Å². The zero-order valence-electron chi connectivity index (χ0n) is 38.0. The normalized spacial score (nSPS) is 24.9. The number of ether oxygens (including phenoxy) is 4. The molecule has 1 saturated carbocycles. The average Bonchev–Trinajstić information content (AvgIpc) is 4.13. The van der Waals surface area contributed by atoms with Crippen molar-refractivity contribution >= 4 is 55.4 Å². The van der Waals surface area contributed by atoms with E-state index in [1.165, 1.54) is 42.9 Å². The second-order valence-electron chi connectivity index (χ2n) is 19.9. The summed E-state index contributed by atoms with van der Waals surface area (Å²) < 4.78 is 54.8. The summed E-state index contributed by atoms with van der Waals surface area (Å²) >= 11 is 0. The molecule has 1 spiro atoms. The number of hydrogen-bond acceptors (Lipinski definition) is 14. The van der Waals surface area contributed by atoms with Crippen LogP contribution in [0.15, 0.2) is 77.8 Å². The van der Waals surface area contributed by atoms with E-state index in [4.69, 9.17) is 23.9 Å². The summed E-state index contributed by atoms with van der Waals surface area (Å²) in [6.07, 6.45) is 9.88. The smallest absolute Gasteiger partial charge is 0.297 e. The van der Waals surface area contributed by atoms with Crippen LogP contribution in [-0.4, -0.2) is 111 Å². The minimum absolute atomic E-state index is 0.0318. The van der Waals surface area contributed by atoms with Crippen LogP contribution in [0, 0.1) is 28.4 Å². The number of anilines is 4. The Kier molecular flexibility index (Phi) is 10.8. The van der Waals surface area contributed by atoms with Crippen molar-refractivity contribution in [3.05, 3.63) is 99.7 Å². The van der Waals surface area contributed by atoms with Crippen molar-refractivity contribution in [2.24, 2.45) is 11.3 Å². The number of rotatable bonds is 9. The van der Waals surface area contributed by atoms with E-state index in [1.807, 2.05) is 29.2 Å². The van der Waals surface area contributed by atoms with Gasteiger partial charge in [0.1, 0.15) is 24.0 Å². The largest absolute Gasteiger partial charge is 0.489 e. The number of nitro groups is 1. The predicted molar refractivity (Wildman–Crippen MR) is 255 cm³/mol. The first-order valence-electron chi connectivity index (χ1n) is 24.1. The Morgan fingerprint density at radius 3 is 2.57 bits per heavy atom. The van der Waals surface area contributed by atoms with Gasteiger partial charge in [-0.1, -0.05) is 24.3 Å². The topological polar surface area (TPSA) is 194 Å². The summed E-state index contributed by atoms with van der Waals surface area (Å²) in [5, 5.41) is 16.6. The molecule has 8 heterocycles. The van der Waals surface area contributed by atoms with E-state index in [2.05, 4.69) is 56.0 Å². The first-order valence-corrected chi connectivity index (χ1v) is 25.6. The van der Waals surface area contributed by atoms with Gasteiger partial charge in [-0.3, -0.25) is 19.8 Å². The van der Waals surface area contributed by atoms with Crippen molar-refractivity contribution in [2.75, 3.05) is 67.8 Å². The van der Waals surface area contributed by atoms with Crippen molar-refractivity contribution in [1.29, 1.82) is 0 Å². The molecule has 17 nitrogen and oxygen atoms in total. The molecule has 1 amide bonds. The quantitative estimate of drug-likeness (QED) is 0.0979. The Morgan fingerprint density at radius 2 is 1.76 bits per heavy atom. The van der Waals surface area contributed by atoms with E-state index in [0.29, 0.717) is 66.8 Å². The molecule has 0 unspecified atom stereocenters. The second kappa shape index (κ2) is 16.9. The molecular formula is C50H56N8O9S. The van der Waals surface area contributed by atoms with Crippen molar-refractivity contribution < 1.29 is 37.1 Å². The number of carbonyl (C=O) groups excluding carboxylic acids is 1. The summed E-state index contributed by atoms with van der Waals surface area (Å²) in [4.78, 5) is 41.2. The number of aryl methyl sites for hydroxylation is 1. The zero-order chi connectivity index (χ0) is 46.3. The van der Waals surface area contributed by atoms with Gasteiger partial charge in [0.05, 0.1) is 46.4 Å². The number of piperidine rings is 1. The monoisotopic (exact) mass is 944 g/mol. The molecule has 68 heavy (non-hydrogen) atoms. The summed E-state index contributed by atoms with van der Waals surface area (Å²) in [6.45, 7) is 7.06. The SMILES string of the molecule is Cc1ccccc1[C@@H]1CCCN1C1CC2(CCN(c3ccc(C(=O)NS(=O)(=O)c4cc5c(c([N+](=O)[O-])c4)N[C@@H](C4CCOCC4)CO5)c(N4c5cc6cc[nH]c6nc5O[C@@H]5COC[C@H]54)c3)CC2)C1. The molecule has 3 aromatic carbocycles. The van der Waals surface area contributed by atoms with E-state index in [0.717, 1.165) is 62.5 Å². The number of likely N-dealkylation sites (tertiary alicyclic amines) is 1. The minimum atomic E-state index is -4.68. The number of aromatic amines is 1. The van der Waals surface area contributed by atoms with Gasteiger partial charge in [0.2, 0.25) is 5.88 Å². The Balaban J connectivity index is 0.838. The summed E-state index contributed by atoms with van der Waals surface area (Å²) in [7, 11) is -4.68. The van der Waals surface area contributed by atoms with Gasteiger partial charge < -0.3 is 39.0 Å². The lowest BCUT2D eigenvalue weighted by atomic mass is 9.59. The molecule has 2 aromatic heterocycles. The third-order valence-electron chi connectivity index (χ3n) is 16.0. The van der Waals surface area contributed by atoms with Gasteiger partial charge in [-0.05, 0) is 118 Å². The van der Waals surface area contributed by atoms with Crippen LogP contribution >= 0.6 is 0 Å². The van der Waals surface area contributed by atoms with Crippen LogP contribution in [0.25, 0.3) is 11.0 Å². The molecule has 0 radical (unpaired) electrons. The van der Waals surface area contributed by atoms with Crippen LogP contribution < -0.4 is 29.3 Å². The number of pyridine rings is 1. The lowest BCUT2D eigenvalue weighted by Crippen LogP contribution is -2.55. The van der Waals surface area contributed by atoms with Crippen molar-refractivity contribution in [2.45, 2.75) is 93.5 Å². The van der Waals surface area contributed by atoms with Gasteiger partial charge in [-0.25, -0.2) is 13.1 Å². The Labute approximate surface area is 394 Å². The number of H-pyrrole nitrogens is 1. The molecule has 7 aliphatic rings. The van der Waals surface area contributed by atoms with E-state index in [9.17, 15) is 23.3 Å². The Morgan fingerprint density at radius 1 is 0.941 bits per heavy atom. The van der Waals surface area contributed by atoms with Gasteiger partial charge in [-0.2, -0.15) is 4.98 Å². The molecule has 0 bridgehead atoms. The van der Waals surface area contributed by atoms with Gasteiger partial charge in [0.15, 0.2) is 11.4 Å². The fraction of sp³-hybridized carbons (Fsp3) is 0.480. The number of sulfonamides is 1. The number of hydrogen-bond donors (Lipinski definition) is 3. The summed E-state index contributed by atoms with van der Waals surface area (Å²) in [5.41, 5.74) is 5.54. The van der Waals surface area contributed by atoms with Gasteiger partial charge in [0.25, 0.3) is 21.6 Å². The highest BCUT2D eigenvalue weighted by atomic mass is 32.2. The van der Waals surface area contributed by atoms with Crippen molar-refractivity contribution in [3.8, 4) is 11.6 Å². The van der Waals surface area contributed by atoms with Crippen LogP contribution in [0.2, 0.25) is 0 Å². The van der Waals surface area contributed by atoms with Gasteiger partial charge in [-0.15, -0.1) is 0 Å². The highest BCUT2D eigenvalue weighted by molar-refractivity contribution is 7.90. The molecule has 4 atom stereocenters. The maximum Gasteiger partial charge on any atom is 0.297 e. The molecule has 5 fully saturated rings. The number of carbonyl (C=O) groups is 1. The summed E-state index contributed by atoms with van der Waals surface area (Å²) in [6, 6.07) is 21.0. The first kappa shape index (κ1) is 43.3. The number of amides is 1. The van der Waals surface area contributed by atoms with Crippen LogP contribution in [0.4, 0.5) is 28.4 Å². The number of nitrogens with zero attached hydrogens (tertiary/aromatic N) is 5. The molecule has 1 aliphatic carbocycles. The van der Waals surface area contributed by atoms with Gasteiger partial charge >= 0.3 is 0 Å². The highest BCUT2D eigenvalue weighted by Gasteiger charge is 2.50. The highest BCUT2D eigenvalue weighted by Crippen LogP contribution is 2.55. The molecule has 356 valence electrons. The average molecular weight is 945 g/mol. The molecule has 5 aromatic rings. The number of benzene rings is 3. The second-order valence-corrected chi connectivity index (χ2v) is 21.6. The Hall–Kier alpha value is -5.95.